The number of carbonyl (C=O) groups is 2. The van der Waals surface area contributed by atoms with Gasteiger partial charge in [-0.3, -0.25) is 10.1 Å². The van der Waals surface area contributed by atoms with Gasteiger partial charge in [0.2, 0.25) is 0 Å². The number of halogens is 1. The number of benzene rings is 1. The SMILES string of the molecule is COC(=O)c1cnc(NC(=O)c2cnn(-c3ccccc3F)c2-n2cccc2)s1. The Kier molecular flexibility index (Phi) is 4.92. The molecule has 4 rings (SSSR count). The minimum absolute atomic E-state index is 0.206. The number of amides is 1. The predicted molar refractivity (Wildman–Crippen MR) is 104 cm³/mol. The van der Waals surface area contributed by atoms with Gasteiger partial charge in [-0.05, 0) is 24.3 Å². The van der Waals surface area contributed by atoms with Crippen molar-refractivity contribution in [3.8, 4) is 11.5 Å². The summed E-state index contributed by atoms with van der Waals surface area (Å²) in [6.45, 7) is 0. The summed E-state index contributed by atoms with van der Waals surface area (Å²) in [6.07, 6.45) is 6.13. The molecule has 1 amide bonds. The van der Waals surface area contributed by atoms with Crippen molar-refractivity contribution in [3.05, 3.63) is 77.4 Å². The summed E-state index contributed by atoms with van der Waals surface area (Å²) in [5.41, 5.74) is 0.414. The van der Waals surface area contributed by atoms with Crippen molar-refractivity contribution in [3.63, 3.8) is 0 Å². The summed E-state index contributed by atoms with van der Waals surface area (Å²) in [5.74, 6) is -1.15. The number of hydrogen-bond acceptors (Lipinski definition) is 6. The van der Waals surface area contributed by atoms with E-state index < -0.39 is 17.7 Å². The van der Waals surface area contributed by atoms with Crippen LogP contribution in [0.25, 0.3) is 11.5 Å². The maximum atomic E-state index is 14.3. The highest BCUT2D eigenvalue weighted by Gasteiger charge is 2.22. The molecule has 29 heavy (non-hydrogen) atoms. The van der Waals surface area contributed by atoms with Crippen molar-refractivity contribution in [2.75, 3.05) is 12.4 Å². The number of thiazole rings is 1. The zero-order chi connectivity index (χ0) is 20.4. The number of esters is 1. The van der Waals surface area contributed by atoms with Crippen LogP contribution in [0.3, 0.4) is 0 Å². The lowest BCUT2D eigenvalue weighted by atomic mass is 10.2. The van der Waals surface area contributed by atoms with E-state index in [1.165, 1.54) is 30.3 Å². The van der Waals surface area contributed by atoms with Crippen LogP contribution in [-0.4, -0.2) is 38.3 Å². The van der Waals surface area contributed by atoms with Gasteiger partial charge >= 0.3 is 5.97 Å². The molecule has 4 aromatic rings. The Hall–Kier alpha value is -3.79. The van der Waals surface area contributed by atoms with Crippen LogP contribution in [0.15, 0.2) is 61.2 Å². The topological polar surface area (TPSA) is 91.0 Å². The van der Waals surface area contributed by atoms with Crippen molar-refractivity contribution in [1.82, 2.24) is 19.3 Å². The third-order valence-corrected chi connectivity index (χ3v) is 4.92. The summed E-state index contributed by atoms with van der Waals surface area (Å²) in [7, 11) is 1.26. The lowest BCUT2D eigenvalue weighted by molar-refractivity contribution is 0.0606. The van der Waals surface area contributed by atoms with Crippen LogP contribution in [0.1, 0.15) is 20.0 Å². The van der Waals surface area contributed by atoms with Gasteiger partial charge in [0.05, 0.1) is 19.5 Å². The first kappa shape index (κ1) is 18.6. The molecule has 0 aliphatic heterocycles. The van der Waals surface area contributed by atoms with Crippen LogP contribution in [0.4, 0.5) is 9.52 Å². The van der Waals surface area contributed by atoms with Gasteiger partial charge in [0.25, 0.3) is 5.91 Å². The Morgan fingerprint density at radius 3 is 2.62 bits per heavy atom. The summed E-state index contributed by atoms with van der Waals surface area (Å²) in [5, 5.41) is 7.09. The zero-order valence-electron chi connectivity index (χ0n) is 15.1. The molecular formula is C19H14FN5O3S. The average molecular weight is 411 g/mol. The van der Waals surface area contributed by atoms with Gasteiger partial charge in [-0.25, -0.2) is 18.9 Å². The van der Waals surface area contributed by atoms with E-state index in [2.05, 4.69) is 20.1 Å². The maximum Gasteiger partial charge on any atom is 0.349 e. The number of para-hydroxylation sites is 1. The van der Waals surface area contributed by atoms with Gasteiger partial charge < -0.3 is 9.30 Å². The van der Waals surface area contributed by atoms with E-state index in [9.17, 15) is 14.0 Å². The van der Waals surface area contributed by atoms with Gasteiger partial charge in [-0.2, -0.15) is 5.10 Å². The second-order valence-corrected chi connectivity index (χ2v) is 6.84. The maximum absolute atomic E-state index is 14.3. The fraction of sp³-hybridized carbons (Fsp3) is 0.0526. The van der Waals surface area contributed by atoms with Crippen LogP contribution < -0.4 is 5.32 Å². The van der Waals surface area contributed by atoms with Crippen molar-refractivity contribution in [2.24, 2.45) is 0 Å². The van der Waals surface area contributed by atoms with E-state index in [1.807, 2.05) is 0 Å². The number of anilines is 1. The summed E-state index contributed by atoms with van der Waals surface area (Å²) >= 11 is 0.986. The van der Waals surface area contributed by atoms with E-state index in [0.29, 0.717) is 5.82 Å². The molecule has 0 atom stereocenters. The lowest BCUT2D eigenvalue weighted by Gasteiger charge is -2.11. The normalized spacial score (nSPS) is 10.7. The lowest BCUT2D eigenvalue weighted by Crippen LogP contribution is -2.15. The minimum atomic E-state index is -0.539. The Morgan fingerprint density at radius 2 is 1.90 bits per heavy atom. The van der Waals surface area contributed by atoms with Crippen LogP contribution >= 0.6 is 11.3 Å². The molecule has 146 valence electrons. The highest BCUT2D eigenvalue weighted by Crippen LogP contribution is 2.24. The Balaban J connectivity index is 1.72. The van der Waals surface area contributed by atoms with Crippen LogP contribution in [-0.2, 0) is 4.74 Å². The molecular weight excluding hydrogens is 397 g/mol. The van der Waals surface area contributed by atoms with Crippen LogP contribution in [0.5, 0.6) is 0 Å². The molecule has 0 unspecified atom stereocenters. The number of methoxy groups -OCH3 is 1. The molecule has 3 aromatic heterocycles. The molecule has 0 fully saturated rings. The molecule has 0 bridgehead atoms. The number of hydrogen-bond donors (Lipinski definition) is 1. The molecule has 1 N–H and O–H groups in total. The summed E-state index contributed by atoms with van der Waals surface area (Å²) in [6, 6.07) is 9.71. The fourth-order valence-electron chi connectivity index (χ4n) is 2.72. The van der Waals surface area contributed by atoms with E-state index in [1.54, 1.807) is 47.3 Å². The molecule has 0 aliphatic rings. The molecule has 0 radical (unpaired) electrons. The number of nitrogens with one attached hydrogen (secondary N) is 1. The first-order valence-electron chi connectivity index (χ1n) is 8.40. The Bertz CT molecular complexity index is 1180. The van der Waals surface area contributed by atoms with Gasteiger partial charge in [-0.1, -0.05) is 23.5 Å². The van der Waals surface area contributed by atoms with E-state index in [0.717, 1.165) is 11.3 Å². The highest BCUT2D eigenvalue weighted by molar-refractivity contribution is 7.17. The number of nitrogens with zero attached hydrogens (tertiary/aromatic N) is 4. The third-order valence-electron chi connectivity index (χ3n) is 4.03. The van der Waals surface area contributed by atoms with Gasteiger partial charge in [0.15, 0.2) is 10.9 Å². The zero-order valence-corrected chi connectivity index (χ0v) is 15.9. The van der Waals surface area contributed by atoms with Crippen molar-refractivity contribution < 1.29 is 18.7 Å². The second-order valence-electron chi connectivity index (χ2n) is 5.81. The molecule has 0 aliphatic carbocycles. The van der Waals surface area contributed by atoms with E-state index >= 15 is 0 Å². The van der Waals surface area contributed by atoms with Crippen LogP contribution in [0, 0.1) is 5.82 Å². The molecule has 0 saturated carbocycles. The average Bonchev–Trinajstić information content (AvgIpc) is 3.47. The monoisotopic (exact) mass is 411 g/mol. The fourth-order valence-corrected chi connectivity index (χ4v) is 3.45. The van der Waals surface area contributed by atoms with Crippen molar-refractivity contribution >= 4 is 28.3 Å². The van der Waals surface area contributed by atoms with Gasteiger partial charge in [0.1, 0.15) is 21.9 Å². The molecule has 10 heteroatoms. The first-order chi connectivity index (χ1) is 14.1. The number of ether oxygens (including phenoxy) is 1. The van der Waals surface area contributed by atoms with Crippen molar-refractivity contribution in [1.29, 1.82) is 0 Å². The smallest absolute Gasteiger partial charge is 0.349 e. The van der Waals surface area contributed by atoms with Gasteiger partial charge in [0, 0.05) is 12.4 Å². The summed E-state index contributed by atoms with van der Waals surface area (Å²) in [4.78, 5) is 28.7. The molecule has 8 nitrogen and oxygen atoms in total. The number of carbonyl (C=O) groups excluding carboxylic acids is 2. The Morgan fingerprint density at radius 1 is 1.14 bits per heavy atom. The quantitative estimate of drug-likeness (QED) is 0.509. The van der Waals surface area contributed by atoms with Crippen LogP contribution in [0.2, 0.25) is 0 Å². The predicted octanol–water partition coefficient (Wildman–Crippen LogP) is 3.30. The number of aromatic nitrogens is 4. The first-order valence-corrected chi connectivity index (χ1v) is 9.22. The Labute approximate surface area is 168 Å². The molecule has 1 aromatic carbocycles. The van der Waals surface area contributed by atoms with Crippen molar-refractivity contribution in [2.45, 2.75) is 0 Å². The molecule has 3 heterocycles. The minimum Gasteiger partial charge on any atom is -0.465 e. The number of rotatable bonds is 5. The van der Waals surface area contributed by atoms with E-state index in [4.69, 9.17) is 0 Å². The molecule has 0 saturated heterocycles. The largest absolute Gasteiger partial charge is 0.465 e. The second kappa shape index (κ2) is 7.68. The highest BCUT2D eigenvalue weighted by atomic mass is 32.1. The summed E-state index contributed by atoms with van der Waals surface area (Å²) < 4.78 is 22.0. The van der Waals surface area contributed by atoms with E-state index in [-0.39, 0.29) is 21.3 Å². The molecule has 0 spiro atoms. The standard InChI is InChI=1S/C19H14FN5O3S/c1-28-18(27)15-11-21-19(29-15)23-16(26)12-10-22-25(14-7-3-2-6-13(14)20)17(12)24-8-4-5-9-24/h2-11H,1H3,(H,21,23,26). The van der Waals surface area contributed by atoms with Gasteiger partial charge in [-0.15, -0.1) is 0 Å². The third kappa shape index (κ3) is 3.52.